The van der Waals surface area contributed by atoms with Crippen molar-refractivity contribution >= 4 is 52.4 Å². The first kappa shape index (κ1) is 13.7. The molecule has 0 aromatic heterocycles. The van der Waals surface area contributed by atoms with E-state index in [0.717, 1.165) is 6.07 Å². The molecule has 0 unspecified atom stereocenters. The highest BCUT2D eigenvalue weighted by atomic mass is 35.6. The predicted molar refractivity (Wildman–Crippen MR) is 64.0 cm³/mol. The van der Waals surface area contributed by atoms with Crippen LogP contribution in [0.25, 0.3) is 0 Å². The summed E-state index contributed by atoms with van der Waals surface area (Å²) < 4.78 is -1.74. The third kappa shape index (κ3) is 3.08. The summed E-state index contributed by atoms with van der Waals surface area (Å²) in [4.78, 5) is 10.6. The molecule has 1 aromatic carbocycles. The quantitative estimate of drug-likeness (QED) is 0.818. The number of phenols is 1. The van der Waals surface area contributed by atoms with Gasteiger partial charge >= 0.3 is 5.97 Å². The van der Waals surface area contributed by atoms with Crippen molar-refractivity contribution in [2.75, 3.05) is 0 Å². The van der Waals surface area contributed by atoms with Gasteiger partial charge in [0.1, 0.15) is 16.7 Å². The minimum atomic E-state index is -1.74. The van der Waals surface area contributed by atoms with Gasteiger partial charge in [-0.15, -0.1) is 11.6 Å². The highest BCUT2D eigenvalue weighted by molar-refractivity contribution is 6.70. The van der Waals surface area contributed by atoms with E-state index in [-0.39, 0.29) is 5.56 Å². The van der Waals surface area contributed by atoms with Crippen molar-refractivity contribution in [1.29, 1.82) is 0 Å². The molecule has 0 radical (unpaired) electrons. The Kier molecular flexibility index (Phi) is 4.18. The Bertz CT molecular complexity index is 414. The molecule has 3 nitrogen and oxygen atoms in total. The first-order valence-corrected chi connectivity index (χ1v) is 5.57. The van der Waals surface area contributed by atoms with Crippen molar-refractivity contribution in [2.45, 2.75) is 9.17 Å². The number of hydrogen-bond acceptors (Lipinski definition) is 2. The average Bonchev–Trinajstić information content (AvgIpc) is 2.14. The first-order valence-electron chi connectivity index (χ1n) is 4.00. The van der Waals surface area contributed by atoms with E-state index < -0.39 is 20.9 Å². The number of hydrogen-bond donors (Lipinski definition) is 2. The Balaban J connectivity index is 3.11. The number of rotatable bonds is 2. The topological polar surface area (TPSA) is 57.5 Å². The fourth-order valence-electron chi connectivity index (χ4n) is 1.08. The maximum Gasteiger partial charge on any atom is 0.339 e. The maximum atomic E-state index is 10.6. The van der Waals surface area contributed by atoms with Crippen LogP contribution in [-0.2, 0) is 0 Å². The summed E-state index contributed by atoms with van der Waals surface area (Å²) in [5.74, 6) is -1.67. The van der Waals surface area contributed by atoms with Crippen molar-refractivity contribution in [3.8, 4) is 5.75 Å². The Morgan fingerprint density at radius 3 is 2.25 bits per heavy atom. The summed E-state index contributed by atoms with van der Waals surface area (Å²) in [5.41, 5.74) is 0.0844. The molecule has 0 spiro atoms. The van der Waals surface area contributed by atoms with Gasteiger partial charge in [-0.05, 0) is 17.7 Å². The Morgan fingerprint density at radius 2 is 1.88 bits per heavy atom. The second kappa shape index (κ2) is 4.88. The Hall–Kier alpha value is -0.350. The van der Waals surface area contributed by atoms with Crippen LogP contribution >= 0.6 is 46.4 Å². The zero-order valence-electron chi connectivity index (χ0n) is 7.62. The zero-order chi connectivity index (χ0) is 12.5. The molecule has 7 heteroatoms. The average molecular weight is 304 g/mol. The molecule has 1 rings (SSSR count). The minimum Gasteiger partial charge on any atom is -0.507 e. The monoisotopic (exact) mass is 302 g/mol. The number of carboxylic acid groups (broad SMARTS) is 1. The Labute approximate surface area is 111 Å². The standard InChI is InChI=1S/C9H6Cl4O3/c10-7(9(11,12)13)4-1-2-5(8(15)16)6(14)3-4/h1-3,7,14H,(H,15,16)/t7-/m0/s1. The van der Waals surface area contributed by atoms with E-state index in [1.54, 1.807) is 0 Å². The van der Waals surface area contributed by atoms with E-state index in [4.69, 9.17) is 51.5 Å². The number of alkyl halides is 4. The molecule has 2 N–H and O–H groups in total. The van der Waals surface area contributed by atoms with Crippen LogP contribution in [0.3, 0.4) is 0 Å². The molecule has 0 fully saturated rings. The Morgan fingerprint density at radius 1 is 1.31 bits per heavy atom. The lowest BCUT2D eigenvalue weighted by atomic mass is 10.1. The molecule has 88 valence electrons. The van der Waals surface area contributed by atoms with Crippen LogP contribution in [0.5, 0.6) is 5.75 Å². The van der Waals surface area contributed by atoms with Gasteiger partial charge in [-0.25, -0.2) is 4.79 Å². The number of carboxylic acids is 1. The lowest BCUT2D eigenvalue weighted by Gasteiger charge is -2.18. The molecule has 0 aliphatic heterocycles. The van der Waals surface area contributed by atoms with Gasteiger partial charge in [-0.3, -0.25) is 0 Å². The molecule has 0 aliphatic carbocycles. The van der Waals surface area contributed by atoms with Crippen LogP contribution in [0.1, 0.15) is 21.3 Å². The van der Waals surface area contributed by atoms with E-state index in [1.807, 2.05) is 0 Å². The van der Waals surface area contributed by atoms with Gasteiger partial charge < -0.3 is 10.2 Å². The van der Waals surface area contributed by atoms with Crippen LogP contribution in [-0.4, -0.2) is 20.0 Å². The normalized spacial score (nSPS) is 13.5. The summed E-state index contributed by atoms with van der Waals surface area (Å²) in [7, 11) is 0. The van der Waals surface area contributed by atoms with Gasteiger partial charge in [0.05, 0.1) is 0 Å². The smallest absolute Gasteiger partial charge is 0.339 e. The second-order valence-electron chi connectivity index (χ2n) is 2.99. The second-order valence-corrected chi connectivity index (χ2v) is 5.79. The summed E-state index contributed by atoms with van der Waals surface area (Å²) in [6.07, 6.45) is 0. The zero-order valence-corrected chi connectivity index (χ0v) is 10.6. The van der Waals surface area contributed by atoms with Crippen molar-refractivity contribution in [1.82, 2.24) is 0 Å². The molecular weight excluding hydrogens is 298 g/mol. The maximum absolute atomic E-state index is 10.6. The lowest BCUT2D eigenvalue weighted by molar-refractivity contribution is 0.0693. The van der Waals surface area contributed by atoms with Gasteiger partial charge in [-0.1, -0.05) is 40.9 Å². The molecule has 1 aromatic rings. The number of halogens is 4. The van der Waals surface area contributed by atoms with E-state index >= 15 is 0 Å². The number of aromatic carboxylic acids is 1. The summed E-state index contributed by atoms with van der Waals surface area (Å²) in [6.45, 7) is 0. The molecule has 0 saturated heterocycles. The van der Waals surface area contributed by atoms with Gasteiger partial charge in [0.25, 0.3) is 0 Å². The van der Waals surface area contributed by atoms with Crippen molar-refractivity contribution in [3.05, 3.63) is 29.3 Å². The number of carbonyl (C=O) groups is 1. The van der Waals surface area contributed by atoms with Gasteiger partial charge in [0, 0.05) is 0 Å². The van der Waals surface area contributed by atoms with E-state index in [2.05, 4.69) is 0 Å². The van der Waals surface area contributed by atoms with Crippen LogP contribution in [0.2, 0.25) is 0 Å². The highest BCUT2D eigenvalue weighted by Gasteiger charge is 2.32. The highest BCUT2D eigenvalue weighted by Crippen LogP contribution is 2.44. The predicted octanol–water partition coefficient (Wildman–Crippen LogP) is 3.74. The van der Waals surface area contributed by atoms with Crippen LogP contribution in [0.4, 0.5) is 0 Å². The molecule has 0 aliphatic rings. The van der Waals surface area contributed by atoms with E-state index in [0.29, 0.717) is 5.56 Å². The minimum absolute atomic E-state index is 0.239. The van der Waals surface area contributed by atoms with Crippen molar-refractivity contribution in [2.24, 2.45) is 0 Å². The van der Waals surface area contributed by atoms with Crippen molar-refractivity contribution < 1.29 is 15.0 Å². The summed E-state index contributed by atoms with van der Waals surface area (Å²) >= 11 is 22.6. The molecular formula is C9H6Cl4O3. The molecule has 0 amide bonds. The summed E-state index contributed by atoms with van der Waals surface area (Å²) in [6, 6.07) is 3.73. The molecule has 16 heavy (non-hydrogen) atoms. The van der Waals surface area contributed by atoms with Crippen LogP contribution < -0.4 is 0 Å². The first-order chi connectivity index (χ1) is 7.23. The third-order valence-corrected chi connectivity index (χ3v) is 3.40. The van der Waals surface area contributed by atoms with Gasteiger partial charge in [0.15, 0.2) is 0 Å². The molecule has 0 bridgehead atoms. The third-order valence-electron chi connectivity index (χ3n) is 1.83. The lowest BCUT2D eigenvalue weighted by Crippen LogP contribution is -2.11. The van der Waals surface area contributed by atoms with Gasteiger partial charge in [0.2, 0.25) is 3.79 Å². The summed E-state index contributed by atoms with van der Waals surface area (Å²) in [5, 5.41) is 17.1. The van der Waals surface area contributed by atoms with Gasteiger partial charge in [-0.2, -0.15) is 0 Å². The SMILES string of the molecule is O=C(O)c1ccc([C@H](Cl)C(Cl)(Cl)Cl)cc1O. The largest absolute Gasteiger partial charge is 0.507 e. The number of benzene rings is 1. The van der Waals surface area contributed by atoms with Crippen LogP contribution in [0.15, 0.2) is 18.2 Å². The number of aromatic hydroxyl groups is 1. The van der Waals surface area contributed by atoms with Crippen LogP contribution in [0, 0.1) is 0 Å². The fourth-order valence-corrected chi connectivity index (χ4v) is 1.59. The molecule has 0 heterocycles. The molecule has 1 atom stereocenters. The van der Waals surface area contributed by atoms with Crippen molar-refractivity contribution in [3.63, 3.8) is 0 Å². The molecule has 0 saturated carbocycles. The fraction of sp³-hybridized carbons (Fsp3) is 0.222. The van der Waals surface area contributed by atoms with E-state index in [9.17, 15) is 9.90 Å². The van der Waals surface area contributed by atoms with E-state index in [1.165, 1.54) is 12.1 Å².